The lowest BCUT2D eigenvalue weighted by Crippen LogP contribution is -2.42. The predicted octanol–water partition coefficient (Wildman–Crippen LogP) is 4.60. The highest BCUT2D eigenvalue weighted by molar-refractivity contribution is 6.31. The van der Waals surface area contributed by atoms with E-state index in [9.17, 15) is 23.9 Å². The first-order valence-corrected chi connectivity index (χ1v) is 12.8. The first-order chi connectivity index (χ1) is 19.3. The predicted molar refractivity (Wildman–Crippen MR) is 149 cm³/mol. The highest BCUT2D eigenvalue weighted by Crippen LogP contribution is 2.28. The van der Waals surface area contributed by atoms with Gasteiger partial charge in [0, 0.05) is 12.4 Å². The molecule has 2 aromatic carbocycles. The fourth-order valence-corrected chi connectivity index (χ4v) is 4.31. The summed E-state index contributed by atoms with van der Waals surface area (Å²) >= 11 is 5.88. The van der Waals surface area contributed by atoms with Crippen LogP contribution in [0.25, 0.3) is 11.1 Å². The molecule has 0 saturated heterocycles. The fraction of sp³-hybridized carbons (Fsp3) is 0.207. The minimum absolute atomic E-state index is 0.0156. The van der Waals surface area contributed by atoms with Crippen LogP contribution in [0.4, 0.5) is 10.2 Å². The lowest BCUT2D eigenvalue weighted by atomic mass is 9.95. The number of aliphatic imine (C=N–C) groups is 1. The molecule has 3 aromatic rings. The van der Waals surface area contributed by atoms with Gasteiger partial charge in [-0.15, -0.1) is 0 Å². The van der Waals surface area contributed by atoms with Gasteiger partial charge in [0.2, 0.25) is 5.91 Å². The summed E-state index contributed by atoms with van der Waals surface area (Å²) in [6, 6.07) is 15.6. The number of carbonyl (C=O) groups excluding carboxylic acids is 2. The Bertz CT molecular complexity index is 1420. The first-order valence-electron chi connectivity index (χ1n) is 12.4. The number of esters is 1. The maximum Gasteiger partial charge on any atom is 0.338 e. The number of carboxylic acid groups (broad SMARTS) is 1. The number of aromatic nitrogens is 1. The zero-order chi connectivity index (χ0) is 28.5. The van der Waals surface area contributed by atoms with Gasteiger partial charge in [-0.3, -0.25) is 14.6 Å². The second-order valence-electron chi connectivity index (χ2n) is 8.98. The smallest absolute Gasteiger partial charge is 0.338 e. The Hall–Kier alpha value is -4.57. The van der Waals surface area contributed by atoms with E-state index in [1.165, 1.54) is 24.4 Å². The highest BCUT2D eigenvalue weighted by Gasteiger charge is 2.41. The minimum atomic E-state index is -1.55. The molecule has 0 bridgehead atoms. The van der Waals surface area contributed by atoms with E-state index in [0.29, 0.717) is 23.5 Å². The summed E-state index contributed by atoms with van der Waals surface area (Å²) in [4.78, 5) is 45.9. The SMILES string of the molecule is O=C(O)CC(NC(=O)CC1(C(=O)OCCNc2ccccn2)C=CC=N1)c1ccc(-c2ccc(F)c(Cl)c2)cc1. The normalized spacial score (nSPS) is 16.4. The molecule has 206 valence electrons. The monoisotopic (exact) mass is 564 g/mol. The Morgan fingerprint density at radius 1 is 1.07 bits per heavy atom. The number of amides is 1. The molecule has 11 heteroatoms. The number of rotatable bonds is 12. The summed E-state index contributed by atoms with van der Waals surface area (Å²) in [5.74, 6) is -2.30. The second kappa shape index (κ2) is 13.0. The highest BCUT2D eigenvalue weighted by atomic mass is 35.5. The molecule has 2 atom stereocenters. The third kappa shape index (κ3) is 7.29. The molecule has 0 saturated carbocycles. The summed E-state index contributed by atoms with van der Waals surface area (Å²) in [6.07, 6.45) is 5.33. The van der Waals surface area contributed by atoms with Crippen molar-refractivity contribution < 1.29 is 28.6 Å². The number of hydrogen-bond donors (Lipinski definition) is 3. The van der Waals surface area contributed by atoms with Crippen LogP contribution in [-0.4, -0.2) is 52.8 Å². The number of aliphatic carboxylic acids is 1. The fourth-order valence-electron chi connectivity index (χ4n) is 4.13. The Morgan fingerprint density at radius 2 is 1.85 bits per heavy atom. The van der Waals surface area contributed by atoms with Crippen LogP contribution in [0, 0.1) is 5.82 Å². The molecule has 0 fully saturated rings. The third-order valence-corrected chi connectivity index (χ3v) is 6.42. The zero-order valence-electron chi connectivity index (χ0n) is 21.2. The van der Waals surface area contributed by atoms with E-state index in [4.69, 9.17) is 16.3 Å². The number of pyridine rings is 1. The van der Waals surface area contributed by atoms with Crippen LogP contribution in [0.1, 0.15) is 24.4 Å². The summed E-state index contributed by atoms with van der Waals surface area (Å²) in [5.41, 5.74) is 0.402. The van der Waals surface area contributed by atoms with E-state index in [0.717, 1.165) is 5.56 Å². The molecule has 1 aliphatic heterocycles. The van der Waals surface area contributed by atoms with Gasteiger partial charge in [-0.05, 0) is 53.1 Å². The van der Waals surface area contributed by atoms with E-state index in [1.54, 1.807) is 54.7 Å². The van der Waals surface area contributed by atoms with Crippen LogP contribution in [0.3, 0.4) is 0 Å². The largest absolute Gasteiger partial charge is 0.481 e. The molecule has 0 aliphatic carbocycles. The van der Waals surface area contributed by atoms with Crippen LogP contribution in [0.5, 0.6) is 0 Å². The Balaban J connectivity index is 1.40. The summed E-state index contributed by atoms with van der Waals surface area (Å²) in [6.45, 7) is 0.328. The number of halogens is 2. The quantitative estimate of drug-likeness (QED) is 0.216. The van der Waals surface area contributed by atoms with E-state index in [1.807, 2.05) is 6.07 Å². The molecule has 2 unspecified atom stereocenters. The van der Waals surface area contributed by atoms with Crippen molar-refractivity contribution in [2.75, 3.05) is 18.5 Å². The van der Waals surface area contributed by atoms with Gasteiger partial charge in [-0.2, -0.15) is 0 Å². The number of allylic oxidation sites excluding steroid dienone is 1. The van der Waals surface area contributed by atoms with Gasteiger partial charge in [0.25, 0.3) is 0 Å². The number of carboxylic acids is 1. The van der Waals surface area contributed by atoms with E-state index in [-0.39, 0.29) is 24.5 Å². The second-order valence-corrected chi connectivity index (χ2v) is 9.39. The summed E-state index contributed by atoms with van der Waals surface area (Å²) in [7, 11) is 0. The Labute approximate surface area is 234 Å². The van der Waals surface area contributed by atoms with Crippen LogP contribution in [0.15, 0.2) is 84.0 Å². The number of ether oxygens (including phenoxy) is 1. The lowest BCUT2D eigenvalue weighted by molar-refractivity contribution is -0.149. The van der Waals surface area contributed by atoms with Crippen LogP contribution in [0.2, 0.25) is 5.02 Å². The Kier molecular flexibility index (Phi) is 9.23. The molecule has 0 radical (unpaired) electrons. The van der Waals surface area contributed by atoms with Gasteiger partial charge in [0.15, 0.2) is 5.54 Å². The maximum atomic E-state index is 13.5. The molecule has 3 N–H and O–H groups in total. The van der Waals surface area contributed by atoms with E-state index >= 15 is 0 Å². The number of hydrogen-bond acceptors (Lipinski definition) is 7. The van der Waals surface area contributed by atoms with Gasteiger partial charge in [-0.1, -0.05) is 48.0 Å². The topological polar surface area (TPSA) is 130 Å². The number of anilines is 1. The van der Waals surface area contributed by atoms with Crippen molar-refractivity contribution in [2.45, 2.75) is 24.4 Å². The number of carbonyl (C=O) groups is 3. The van der Waals surface area contributed by atoms with Gasteiger partial charge < -0.3 is 20.5 Å². The molecule has 1 aromatic heterocycles. The molecular formula is C29H26ClFN4O5. The van der Waals surface area contributed by atoms with Gasteiger partial charge >= 0.3 is 11.9 Å². The van der Waals surface area contributed by atoms with Crippen molar-refractivity contribution in [3.05, 3.63) is 95.4 Å². The van der Waals surface area contributed by atoms with Gasteiger partial charge in [0.1, 0.15) is 18.2 Å². The van der Waals surface area contributed by atoms with Crippen molar-refractivity contribution in [3.63, 3.8) is 0 Å². The summed E-state index contributed by atoms with van der Waals surface area (Å²) in [5, 5.41) is 15.2. The number of nitrogens with zero attached hydrogens (tertiary/aromatic N) is 2. The average Bonchev–Trinajstić information content (AvgIpc) is 3.42. The molecule has 0 spiro atoms. The third-order valence-electron chi connectivity index (χ3n) is 6.13. The van der Waals surface area contributed by atoms with E-state index in [2.05, 4.69) is 20.6 Å². The molecule has 9 nitrogen and oxygen atoms in total. The standard InChI is InChI=1S/C29H26ClFN4O5/c30-22-16-21(9-10-23(22)31)19-5-7-20(8-6-19)24(17-27(37)38)35-26(36)18-29(11-3-13-34-29)28(39)40-15-14-33-25-4-1-2-12-32-25/h1-13,16,24H,14-15,17-18H2,(H,32,33)(H,35,36)(H,37,38). The molecule has 40 heavy (non-hydrogen) atoms. The average molecular weight is 565 g/mol. The van der Waals surface area contributed by atoms with E-state index < -0.39 is 35.2 Å². The zero-order valence-corrected chi connectivity index (χ0v) is 22.0. The van der Waals surface area contributed by atoms with Crippen molar-refractivity contribution >= 4 is 41.5 Å². The number of nitrogens with one attached hydrogen (secondary N) is 2. The van der Waals surface area contributed by atoms with Crippen LogP contribution >= 0.6 is 11.6 Å². The van der Waals surface area contributed by atoms with Crippen LogP contribution < -0.4 is 10.6 Å². The first kappa shape index (κ1) is 28.4. The molecular weight excluding hydrogens is 539 g/mol. The summed E-state index contributed by atoms with van der Waals surface area (Å²) < 4.78 is 18.9. The van der Waals surface area contributed by atoms with Crippen molar-refractivity contribution in [1.29, 1.82) is 0 Å². The van der Waals surface area contributed by atoms with Crippen molar-refractivity contribution in [3.8, 4) is 11.1 Å². The molecule has 4 rings (SSSR count). The number of benzene rings is 2. The molecule has 1 aliphatic rings. The molecule has 1 amide bonds. The molecule has 2 heterocycles. The van der Waals surface area contributed by atoms with Crippen molar-refractivity contribution in [1.82, 2.24) is 10.3 Å². The van der Waals surface area contributed by atoms with Gasteiger partial charge in [-0.25, -0.2) is 14.2 Å². The van der Waals surface area contributed by atoms with Crippen molar-refractivity contribution in [2.24, 2.45) is 4.99 Å². The maximum absolute atomic E-state index is 13.5. The lowest BCUT2D eigenvalue weighted by Gasteiger charge is -2.24. The Morgan fingerprint density at radius 3 is 2.50 bits per heavy atom. The van der Waals surface area contributed by atoms with Crippen LogP contribution in [-0.2, 0) is 19.1 Å². The van der Waals surface area contributed by atoms with Gasteiger partial charge in [0.05, 0.1) is 30.5 Å². The minimum Gasteiger partial charge on any atom is -0.481 e.